The Morgan fingerprint density at radius 2 is 1.95 bits per heavy atom. The Hall–Kier alpha value is -2.62. The van der Waals surface area contributed by atoms with Gasteiger partial charge in [0.15, 0.2) is 0 Å². The molecule has 2 N–H and O–H groups in total. The number of anilines is 1. The number of hydrogen-bond acceptors (Lipinski definition) is 3. The lowest BCUT2D eigenvalue weighted by molar-refractivity contribution is 0.653. The Balaban J connectivity index is 2.14. The average molecular weight is 263 g/mol. The third kappa shape index (κ3) is 1.42. The van der Waals surface area contributed by atoms with Crippen LogP contribution in [-0.2, 0) is 13.0 Å². The van der Waals surface area contributed by atoms with E-state index in [2.05, 4.69) is 4.98 Å². The number of rotatable bonds is 0. The van der Waals surface area contributed by atoms with Gasteiger partial charge < -0.3 is 5.73 Å². The van der Waals surface area contributed by atoms with Crippen LogP contribution in [0.2, 0.25) is 0 Å². The molecule has 0 saturated heterocycles. The van der Waals surface area contributed by atoms with Crippen LogP contribution in [0.25, 0.3) is 22.3 Å². The van der Waals surface area contributed by atoms with Crippen molar-refractivity contribution in [3.8, 4) is 11.4 Å². The predicted octanol–water partition coefficient (Wildman–Crippen LogP) is 2.20. The normalized spacial score (nSPS) is 13.0. The molecule has 1 aliphatic heterocycles. The summed E-state index contributed by atoms with van der Waals surface area (Å²) in [5, 5.41) is 0.670. The van der Waals surface area contributed by atoms with Crippen molar-refractivity contribution < 1.29 is 0 Å². The Morgan fingerprint density at radius 3 is 2.85 bits per heavy atom. The summed E-state index contributed by atoms with van der Waals surface area (Å²) in [6, 6.07) is 13.3. The van der Waals surface area contributed by atoms with E-state index in [0.717, 1.165) is 34.6 Å². The molecular formula is C16H13N3O. The summed E-state index contributed by atoms with van der Waals surface area (Å²) in [6.07, 6.45) is 0.773. The quantitative estimate of drug-likeness (QED) is 0.632. The van der Waals surface area contributed by atoms with E-state index in [9.17, 15) is 4.79 Å². The molecule has 20 heavy (non-hydrogen) atoms. The van der Waals surface area contributed by atoms with Crippen LogP contribution in [-0.4, -0.2) is 9.55 Å². The standard InChI is InChI=1S/C16H13N3O/c17-13-6-3-5-11-10(13)8-9-19-15(11)18-14-7-2-1-4-12(14)16(19)20/h1-7H,8-9,17H2. The van der Waals surface area contributed by atoms with Crippen molar-refractivity contribution in [1.29, 1.82) is 0 Å². The molecule has 1 aliphatic rings. The van der Waals surface area contributed by atoms with E-state index in [-0.39, 0.29) is 5.56 Å². The van der Waals surface area contributed by atoms with Gasteiger partial charge in [-0.3, -0.25) is 9.36 Å². The number of fused-ring (bicyclic) bond motifs is 4. The van der Waals surface area contributed by atoms with Crippen LogP contribution in [0.5, 0.6) is 0 Å². The molecule has 4 heteroatoms. The predicted molar refractivity (Wildman–Crippen MR) is 79.6 cm³/mol. The zero-order chi connectivity index (χ0) is 13.7. The van der Waals surface area contributed by atoms with Crippen molar-refractivity contribution in [2.24, 2.45) is 0 Å². The van der Waals surface area contributed by atoms with Crippen molar-refractivity contribution in [3.05, 3.63) is 58.4 Å². The fourth-order valence-electron chi connectivity index (χ4n) is 2.90. The smallest absolute Gasteiger partial charge is 0.261 e. The summed E-state index contributed by atoms with van der Waals surface area (Å²) in [4.78, 5) is 17.2. The first-order valence-electron chi connectivity index (χ1n) is 6.63. The summed E-state index contributed by atoms with van der Waals surface area (Å²) in [6.45, 7) is 0.632. The highest BCUT2D eigenvalue weighted by molar-refractivity contribution is 5.81. The Morgan fingerprint density at radius 1 is 1.10 bits per heavy atom. The van der Waals surface area contributed by atoms with Crippen molar-refractivity contribution in [1.82, 2.24) is 9.55 Å². The van der Waals surface area contributed by atoms with Crippen LogP contribution in [0.3, 0.4) is 0 Å². The molecule has 0 bridgehead atoms. The number of nitrogens with two attached hydrogens (primary N) is 1. The molecule has 0 atom stereocenters. The SMILES string of the molecule is Nc1cccc2c1CCn1c-2nc2ccccc2c1=O. The van der Waals surface area contributed by atoms with Gasteiger partial charge in [0.2, 0.25) is 0 Å². The topological polar surface area (TPSA) is 60.9 Å². The highest BCUT2D eigenvalue weighted by Gasteiger charge is 2.21. The van der Waals surface area contributed by atoms with Gasteiger partial charge in [-0.15, -0.1) is 0 Å². The molecule has 0 fully saturated rings. The Kier molecular flexibility index (Phi) is 2.21. The first-order chi connectivity index (χ1) is 9.75. The van der Waals surface area contributed by atoms with Crippen LogP contribution >= 0.6 is 0 Å². The summed E-state index contributed by atoms with van der Waals surface area (Å²) in [7, 11) is 0. The van der Waals surface area contributed by atoms with E-state index in [1.807, 2.05) is 42.5 Å². The van der Waals surface area contributed by atoms with E-state index in [4.69, 9.17) is 5.73 Å². The molecule has 0 spiro atoms. The van der Waals surface area contributed by atoms with Crippen molar-refractivity contribution in [2.45, 2.75) is 13.0 Å². The number of aromatic nitrogens is 2. The lowest BCUT2D eigenvalue weighted by Crippen LogP contribution is -2.27. The molecule has 2 heterocycles. The van der Waals surface area contributed by atoms with Gasteiger partial charge in [-0.2, -0.15) is 0 Å². The van der Waals surface area contributed by atoms with Crippen LogP contribution in [0.15, 0.2) is 47.3 Å². The summed E-state index contributed by atoms with van der Waals surface area (Å²) < 4.78 is 1.75. The maximum Gasteiger partial charge on any atom is 0.261 e. The second kappa shape index (κ2) is 3.93. The zero-order valence-corrected chi connectivity index (χ0v) is 10.8. The molecule has 0 aliphatic carbocycles. The lowest BCUT2D eigenvalue weighted by Gasteiger charge is -2.22. The largest absolute Gasteiger partial charge is 0.398 e. The van der Waals surface area contributed by atoms with Gasteiger partial charge >= 0.3 is 0 Å². The maximum atomic E-state index is 12.6. The molecule has 1 aromatic heterocycles. The molecule has 2 aromatic carbocycles. The average Bonchev–Trinajstić information content (AvgIpc) is 2.48. The van der Waals surface area contributed by atoms with Gasteiger partial charge in [-0.1, -0.05) is 24.3 Å². The van der Waals surface area contributed by atoms with E-state index in [0.29, 0.717) is 11.9 Å². The summed E-state index contributed by atoms with van der Waals surface area (Å²) in [5.41, 5.74) is 9.63. The fourth-order valence-corrected chi connectivity index (χ4v) is 2.90. The van der Waals surface area contributed by atoms with Gasteiger partial charge in [0.05, 0.1) is 10.9 Å². The van der Waals surface area contributed by atoms with E-state index < -0.39 is 0 Å². The highest BCUT2D eigenvalue weighted by Crippen LogP contribution is 2.31. The molecule has 0 amide bonds. The fraction of sp³-hybridized carbons (Fsp3) is 0.125. The van der Waals surface area contributed by atoms with Gasteiger partial charge in [0.25, 0.3) is 5.56 Å². The van der Waals surface area contributed by atoms with E-state index in [1.165, 1.54) is 0 Å². The van der Waals surface area contributed by atoms with Crippen molar-refractivity contribution >= 4 is 16.6 Å². The minimum atomic E-state index is 0.0266. The molecule has 0 saturated carbocycles. The first kappa shape index (κ1) is 11.2. The van der Waals surface area contributed by atoms with Crippen LogP contribution in [0, 0.1) is 0 Å². The molecule has 4 rings (SSSR count). The van der Waals surface area contributed by atoms with Gasteiger partial charge in [0, 0.05) is 17.8 Å². The minimum absolute atomic E-state index is 0.0266. The monoisotopic (exact) mass is 263 g/mol. The Labute approximate surface area is 115 Å². The van der Waals surface area contributed by atoms with Crippen LogP contribution in [0.4, 0.5) is 5.69 Å². The van der Waals surface area contributed by atoms with Crippen LogP contribution < -0.4 is 11.3 Å². The minimum Gasteiger partial charge on any atom is -0.398 e. The van der Waals surface area contributed by atoms with Gasteiger partial charge in [-0.05, 0) is 30.2 Å². The molecular weight excluding hydrogens is 250 g/mol. The van der Waals surface area contributed by atoms with Gasteiger partial charge in [-0.25, -0.2) is 4.98 Å². The molecule has 0 radical (unpaired) electrons. The summed E-state index contributed by atoms with van der Waals surface area (Å²) in [5.74, 6) is 0.724. The first-order valence-corrected chi connectivity index (χ1v) is 6.63. The molecule has 98 valence electrons. The van der Waals surface area contributed by atoms with Crippen LogP contribution in [0.1, 0.15) is 5.56 Å². The second-order valence-corrected chi connectivity index (χ2v) is 5.03. The number of nitrogens with zero attached hydrogens (tertiary/aromatic N) is 2. The third-order valence-electron chi connectivity index (χ3n) is 3.90. The van der Waals surface area contributed by atoms with Gasteiger partial charge in [0.1, 0.15) is 5.82 Å². The zero-order valence-electron chi connectivity index (χ0n) is 10.8. The number of benzene rings is 2. The molecule has 3 aromatic rings. The van der Waals surface area contributed by atoms with E-state index in [1.54, 1.807) is 4.57 Å². The van der Waals surface area contributed by atoms with Crippen molar-refractivity contribution in [3.63, 3.8) is 0 Å². The van der Waals surface area contributed by atoms with Crippen molar-refractivity contribution in [2.75, 3.05) is 5.73 Å². The number of para-hydroxylation sites is 1. The maximum absolute atomic E-state index is 12.6. The highest BCUT2D eigenvalue weighted by atomic mass is 16.1. The number of nitrogen functional groups attached to an aromatic ring is 1. The molecule has 4 nitrogen and oxygen atoms in total. The summed E-state index contributed by atoms with van der Waals surface area (Å²) >= 11 is 0. The number of hydrogen-bond donors (Lipinski definition) is 1. The lowest BCUT2D eigenvalue weighted by atomic mass is 9.98. The molecule has 0 unspecified atom stereocenters. The van der Waals surface area contributed by atoms with E-state index >= 15 is 0 Å². The second-order valence-electron chi connectivity index (χ2n) is 5.03. The Bertz CT molecular complexity index is 896. The third-order valence-corrected chi connectivity index (χ3v) is 3.90.